The molecular formula is C30H36B2F6N2O10S. The molecular weight excluding hydrogens is 716 g/mol. The Morgan fingerprint density at radius 3 is 1.73 bits per heavy atom. The van der Waals surface area contributed by atoms with Crippen molar-refractivity contribution in [2.24, 2.45) is 16.2 Å². The summed E-state index contributed by atoms with van der Waals surface area (Å²) in [5.74, 6) is -4.75. The van der Waals surface area contributed by atoms with Crippen LogP contribution in [0.25, 0.3) is 0 Å². The highest BCUT2D eigenvalue weighted by atomic mass is 32.2. The molecule has 2 aromatic carbocycles. The first-order valence-corrected chi connectivity index (χ1v) is 16.9. The molecule has 0 fully saturated rings. The van der Waals surface area contributed by atoms with Crippen molar-refractivity contribution in [1.29, 1.82) is 0 Å². The molecule has 1 amide bonds. The molecule has 0 aromatic heterocycles. The van der Waals surface area contributed by atoms with Gasteiger partial charge in [-0.15, -0.1) is 0 Å². The number of nitrogens with zero attached hydrogens (tertiary/aromatic N) is 1. The predicted molar refractivity (Wildman–Crippen MR) is 171 cm³/mol. The second-order valence-electron chi connectivity index (χ2n) is 11.8. The van der Waals surface area contributed by atoms with Crippen LogP contribution in [0.4, 0.5) is 26.3 Å². The lowest BCUT2D eigenvalue weighted by Crippen LogP contribution is -2.33. The van der Waals surface area contributed by atoms with Crippen LogP contribution in [0.3, 0.4) is 0 Å². The van der Waals surface area contributed by atoms with Gasteiger partial charge in [0, 0.05) is 25.3 Å². The summed E-state index contributed by atoms with van der Waals surface area (Å²) in [5.41, 5.74) is -5.06. The number of hydrogen-bond donors (Lipinski definition) is 6. The summed E-state index contributed by atoms with van der Waals surface area (Å²) in [5, 5.41) is 50.7. The fourth-order valence-electron chi connectivity index (χ4n) is 4.69. The normalized spacial score (nSPS) is 13.3. The number of rotatable bonds is 18. The van der Waals surface area contributed by atoms with Crippen LogP contribution in [-0.2, 0) is 41.3 Å². The van der Waals surface area contributed by atoms with Crippen LogP contribution >= 0.6 is 0 Å². The number of amides is 1. The molecule has 2 atom stereocenters. The first-order chi connectivity index (χ1) is 23.4. The lowest BCUT2D eigenvalue weighted by Gasteiger charge is -2.18. The van der Waals surface area contributed by atoms with Crippen molar-refractivity contribution in [2.75, 3.05) is 13.1 Å². The maximum absolute atomic E-state index is 14.5. The van der Waals surface area contributed by atoms with Crippen LogP contribution in [0, 0.1) is 11.8 Å². The van der Waals surface area contributed by atoms with Gasteiger partial charge in [0.25, 0.3) is 0 Å². The van der Waals surface area contributed by atoms with Gasteiger partial charge < -0.3 is 30.5 Å². The Balaban J connectivity index is 2.46. The third-order valence-corrected chi connectivity index (χ3v) is 10.0. The number of aliphatic carboxylic acids is 1. The topological polar surface area (TPSA) is 211 Å². The summed E-state index contributed by atoms with van der Waals surface area (Å²) < 4.78 is 101. The Morgan fingerprint density at radius 1 is 0.824 bits per heavy atom. The third-order valence-electron chi connectivity index (χ3n) is 7.79. The molecule has 12 nitrogen and oxygen atoms in total. The molecule has 280 valence electrons. The Kier molecular flexibility index (Phi) is 15.4. The van der Waals surface area contributed by atoms with Gasteiger partial charge in [0.15, 0.2) is 5.78 Å². The van der Waals surface area contributed by atoms with E-state index < -0.39 is 105 Å². The molecule has 0 saturated carbocycles. The summed E-state index contributed by atoms with van der Waals surface area (Å²) in [4.78, 5) is 46.3. The van der Waals surface area contributed by atoms with Crippen molar-refractivity contribution in [3.63, 3.8) is 0 Å². The molecule has 0 spiro atoms. The Labute approximate surface area is 289 Å². The van der Waals surface area contributed by atoms with E-state index in [0.717, 1.165) is 0 Å². The monoisotopic (exact) mass is 752 g/mol. The molecule has 0 radical (unpaired) electrons. The average molecular weight is 752 g/mol. The fourth-order valence-corrected chi connectivity index (χ4v) is 6.75. The molecule has 0 aliphatic rings. The zero-order valence-corrected chi connectivity index (χ0v) is 28.1. The number of alkyl halides is 6. The van der Waals surface area contributed by atoms with Crippen LogP contribution in [0.5, 0.6) is 0 Å². The summed E-state index contributed by atoms with van der Waals surface area (Å²) in [6.45, 7) is 2.25. The van der Waals surface area contributed by atoms with Gasteiger partial charge in [0.2, 0.25) is 5.91 Å². The SMILES string of the molecule is CC(=O)[C@@H](C)CCCCNC(=O)CC[C@H](CC(=O)CN=S(=O)(c1cc(B(O)O)cc(C(F)(F)F)c1)c1cc(B(O)O)cc(C(F)(F)F)c1)C(=O)O. The summed E-state index contributed by atoms with van der Waals surface area (Å²) in [7, 11) is -10.00. The van der Waals surface area contributed by atoms with Gasteiger partial charge in [0.1, 0.15) is 22.1 Å². The number of Topliss-reactive ketones (excluding diaryl/α,β-unsaturated/α-hetero) is 2. The predicted octanol–water partition coefficient (Wildman–Crippen LogP) is 1.92. The smallest absolute Gasteiger partial charge is 0.481 e. The van der Waals surface area contributed by atoms with Crippen molar-refractivity contribution < 1.29 is 74.9 Å². The number of carboxylic acid groups (broad SMARTS) is 1. The van der Waals surface area contributed by atoms with E-state index in [1.165, 1.54) is 6.92 Å². The number of carboxylic acids is 1. The van der Waals surface area contributed by atoms with E-state index in [1.807, 2.05) is 0 Å². The number of benzene rings is 2. The van der Waals surface area contributed by atoms with Crippen LogP contribution in [0.15, 0.2) is 50.6 Å². The van der Waals surface area contributed by atoms with E-state index in [4.69, 9.17) is 0 Å². The van der Waals surface area contributed by atoms with E-state index >= 15 is 0 Å². The minimum Gasteiger partial charge on any atom is -0.481 e. The highest BCUT2D eigenvalue weighted by molar-refractivity contribution is 7.93. The van der Waals surface area contributed by atoms with Crippen molar-refractivity contribution in [1.82, 2.24) is 5.32 Å². The van der Waals surface area contributed by atoms with Crippen molar-refractivity contribution in [2.45, 2.75) is 74.5 Å². The molecule has 21 heteroatoms. The van der Waals surface area contributed by atoms with Gasteiger partial charge in [0.05, 0.1) is 26.8 Å². The molecule has 0 saturated heterocycles. The third kappa shape index (κ3) is 13.0. The summed E-state index contributed by atoms with van der Waals surface area (Å²) in [6, 6.07) is 1.98. The molecule has 0 aliphatic heterocycles. The van der Waals surface area contributed by atoms with Crippen LogP contribution in [0.2, 0.25) is 0 Å². The summed E-state index contributed by atoms with van der Waals surface area (Å²) in [6.07, 6.45) is -10.2. The van der Waals surface area contributed by atoms with E-state index in [9.17, 15) is 74.9 Å². The number of carbonyl (C=O) groups excluding carboxylic acids is 3. The van der Waals surface area contributed by atoms with Crippen molar-refractivity contribution in [3.8, 4) is 0 Å². The number of nitrogens with one attached hydrogen (secondary N) is 1. The Morgan fingerprint density at radius 2 is 1.31 bits per heavy atom. The highest BCUT2D eigenvalue weighted by Crippen LogP contribution is 2.35. The summed E-state index contributed by atoms with van der Waals surface area (Å²) >= 11 is 0. The Bertz CT molecular complexity index is 1640. The molecule has 0 heterocycles. The number of ketones is 2. The van der Waals surface area contributed by atoms with Gasteiger partial charge in [-0.2, -0.15) is 26.3 Å². The number of hydrogen-bond acceptors (Lipinski definition) is 10. The standard InChI is InChI=1S/C30H36B2F6N2O10S/c1-17(18(2)41)5-3-4-8-39-27(43)7-6-19(28(44)45)9-24(42)16-40-51(50,25-12-20(29(33,34)35)10-22(14-25)31(46)47)26-13-21(30(36,37)38)11-23(15-26)32(48)49/h10-15,17,19,46-49H,3-9,16H2,1-2H3,(H,39,43)(H,44,45)/t17-,19+/m0/s1. The minimum atomic E-state index is -5.22. The first-order valence-electron chi connectivity index (χ1n) is 15.4. The quantitative estimate of drug-likeness (QED) is 0.0741. The zero-order valence-electron chi connectivity index (χ0n) is 27.3. The van der Waals surface area contributed by atoms with Gasteiger partial charge in [-0.3, -0.25) is 19.2 Å². The fraction of sp³-hybridized carbons (Fsp3) is 0.467. The second kappa shape index (κ2) is 18.1. The van der Waals surface area contributed by atoms with Gasteiger partial charge in [-0.05, 0) is 61.4 Å². The molecule has 0 aliphatic carbocycles. The van der Waals surface area contributed by atoms with E-state index in [0.29, 0.717) is 31.4 Å². The highest BCUT2D eigenvalue weighted by Gasteiger charge is 2.36. The minimum absolute atomic E-state index is 0.0288. The van der Waals surface area contributed by atoms with Crippen LogP contribution in [-0.4, -0.2) is 80.2 Å². The number of halogens is 6. The van der Waals surface area contributed by atoms with Gasteiger partial charge in [-0.1, -0.05) is 25.5 Å². The molecule has 2 rings (SSSR count). The van der Waals surface area contributed by atoms with E-state index in [-0.39, 0.29) is 55.4 Å². The van der Waals surface area contributed by atoms with E-state index in [1.54, 1.807) is 6.92 Å². The maximum Gasteiger partial charge on any atom is 0.488 e. The molecule has 51 heavy (non-hydrogen) atoms. The molecule has 0 unspecified atom stereocenters. The second-order valence-corrected chi connectivity index (χ2v) is 14.1. The number of unbranched alkanes of at least 4 members (excludes halogenated alkanes) is 1. The largest absolute Gasteiger partial charge is 0.488 e. The lowest BCUT2D eigenvalue weighted by molar-refractivity contribution is -0.144. The van der Waals surface area contributed by atoms with Crippen molar-refractivity contribution in [3.05, 3.63) is 47.5 Å². The van der Waals surface area contributed by atoms with Gasteiger partial charge >= 0.3 is 32.6 Å². The first kappa shape index (κ1) is 43.4. The maximum atomic E-state index is 14.5. The van der Waals surface area contributed by atoms with Crippen LogP contribution < -0.4 is 16.2 Å². The van der Waals surface area contributed by atoms with Crippen molar-refractivity contribution >= 4 is 58.3 Å². The average Bonchev–Trinajstić information content (AvgIpc) is 3.03. The van der Waals surface area contributed by atoms with Gasteiger partial charge in [-0.25, -0.2) is 8.57 Å². The molecule has 6 N–H and O–H groups in total. The zero-order chi connectivity index (χ0) is 38.9. The lowest BCUT2D eigenvalue weighted by atomic mass is 9.79. The molecule has 0 bridgehead atoms. The Hall–Kier alpha value is -3.78. The number of carbonyl (C=O) groups is 4. The molecule has 2 aromatic rings. The van der Waals surface area contributed by atoms with Crippen LogP contribution in [0.1, 0.15) is 63.5 Å². The van der Waals surface area contributed by atoms with E-state index in [2.05, 4.69) is 9.68 Å².